The summed E-state index contributed by atoms with van der Waals surface area (Å²) in [4.78, 5) is 15.3. The van der Waals surface area contributed by atoms with E-state index in [2.05, 4.69) is 49.6 Å². The van der Waals surface area contributed by atoms with Gasteiger partial charge < -0.3 is 10.6 Å². The van der Waals surface area contributed by atoms with Gasteiger partial charge in [0.2, 0.25) is 5.91 Å². The van der Waals surface area contributed by atoms with Gasteiger partial charge in [0.25, 0.3) is 0 Å². The Labute approximate surface area is 133 Å². The molecule has 2 heterocycles. The van der Waals surface area contributed by atoms with Crippen LogP contribution in [0, 0.1) is 13.8 Å². The van der Waals surface area contributed by atoms with Gasteiger partial charge in [-0.3, -0.25) is 4.79 Å². The topological polar surface area (TPSA) is 41.1 Å². The zero-order valence-electron chi connectivity index (χ0n) is 12.3. The van der Waals surface area contributed by atoms with Crippen molar-refractivity contribution in [1.29, 1.82) is 0 Å². The molecule has 2 N–H and O–H groups in total. The summed E-state index contributed by atoms with van der Waals surface area (Å²) in [5.41, 5.74) is 3.28. The lowest BCUT2D eigenvalue weighted by atomic mass is 10.1. The number of aryl methyl sites for hydroxylation is 2. The summed E-state index contributed by atoms with van der Waals surface area (Å²) in [5.74, 6) is 0.575. The van der Waals surface area contributed by atoms with E-state index >= 15 is 0 Å². The predicted octanol–water partition coefficient (Wildman–Crippen LogP) is 4.58. The van der Waals surface area contributed by atoms with Crippen molar-refractivity contribution < 1.29 is 4.79 Å². The van der Waals surface area contributed by atoms with Gasteiger partial charge in [0, 0.05) is 26.4 Å². The molecule has 1 aromatic heterocycles. The number of amides is 1. The van der Waals surface area contributed by atoms with Crippen molar-refractivity contribution in [2.45, 2.75) is 31.7 Å². The van der Waals surface area contributed by atoms with Gasteiger partial charge >= 0.3 is 0 Å². The summed E-state index contributed by atoms with van der Waals surface area (Å²) in [6.45, 7) is 6.47. The van der Waals surface area contributed by atoms with Crippen molar-refractivity contribution >= 4 is 40.4 Å². The number of nitrogens with one attached hydrogen (secondary N) is 2. The third-order valence-electron chi connectivity index (χ3n) is 3.54. The van der Waals surface area contributed by atoms with Gasteiger partial charge in [-0.2, -0.15) is 0 Å². The molecule has 1 aromatic carbocycles. The van der Waals surface area contributed by atoms with Gasteiger partial charge in [0.1, 0.15) is 0 Å². The van der Waals surface area contributed by atoms with Crippen LogP contribution in [-0.4, -0.2) is 11.7 Å². The molecule has 0 aliphatic carbocycles. The SMILES string of the molecule is Cc1cc(C(C)Nc2ccc3c(c2)NC(=O)CS3)c(C)s1. The van der Waals surface area contributed by atoms with Crippen LogP contribution in [0.3, 0.4) is 0 Å². The molecule has 1 atom stereocenters. The molecular weight excluding hydrogens is 300 g/mol. The van der Waals surface area contributed by atoms with Crippen LogP contribution in [-0.2, 0) is 4.79 Å². The maximum Gasteiger partial charge on any atom is 0.234 e. The predicted molar refractivity (Wildman–Crippen MR) is 91.6 cm³/mol. The number of thioether (sulfide) groups is 1. The number of rotatable bonds is 3. The third-order valence-corrected chi connectivity index (χ3v) is 5.60. The second kappa shape index (κ2) is 5.73. The minimum Gasteiger partial charge on any atom is -0.378 e. The van der Waals surface area contributed by atoms with Gasteiger partial charge in [-0.05, 0) is 50.6 Å². The molecule has 3 rings (SSSR count). The van der Waals surface area contributed by atoms with E-state index in [-0.39, 0.29) is 11.9 Å². The Morgan fingerprint density at radius 1 is 1.29 bits per heavy atom. The average molecular weight is 318 g/mol. The third kappa shape index (κ3) is 3.09. The van der Waals surface area contributed by atoms with Crippen molar-refractivity contribution in [3.63, 3.8) is 0 Å². The van der Waals surface area contributed by atoms with Gasteiger partial charge in [0.05, 0.1) is 11.4 Å². The molecule has 21 heavy (non-hydrogen) atoms. The molecular formula is C16H18N2OS2. The van der Waals surface area contributed by atoms with Gasteiger partial charge in [-0.15, -0.1) is 23.1 Å². The molecule has 0 bridgehead atoms. The average Bonchev–Trinajstić information content (AvgIpc) is 2.77. The summed E-state index contributed by atoms with van der Waals surface area (Å²) in [6.07, 6.45) is 0. The molecule has 0 radical (unpaired) electrons. The fourth-order valence-electron chi connectivity index (χ4n) is 2.58. The number of carbonyl (C=O) groups is 1. The van der Waals surface area contributed by atoms with E-state index in [9.17, 15) is 4.79 Å². The van der Waals surface area contributed by atoms with E-state index < -0.39 is 0 Å². The lowest BCUT2D eigenvalue weighted by Gasteiger charge is -2.20. The van der Waals surface area contributed by atoms with Crippen molar-refractivity contribution in [2.24, 2.45) is 0 Å². The zero-order valence-corrected chi connectivity index (χ0v) is 14.0. The quantitative estimate of drug-likeness (QED) is 0.870. The summed E-state index contributed by atoms with van der Waals surface area (Å²) in [6, 6.07) is 8.66. The molecule has 5 heteroatoms. The van der Waals surface area contributed by atoms with Crippen LogP contribution >= 0.6 is 23.1 Å². The number of anilines is 2. The van der Waals surface area contributed by atoms with E-state index in [1.54, 1.807) is 11.8 Å². The smallest absolute Gasteiger partial charge is 0.234 e. The number of hydrogen-bond acceptors (Lipinski definition) is 4. The summed E-state index contributed by atoms with van der Waals surface area (Å²) >= 11 is 3.42. The molecule has 1 aliphatic heterocycles. The van der Waals surface area contributed by atoms with Crippen LogP contribution in [0.4, 0.5) is 11.4 Å². The lowest BCUT2D eigenvalue weighted by molar-refractivity contribution is -0.113. The first kappa shape index (κ1) is 14.5. The minimum absolute atomic E-state index is 0.0713. The van der Waals surface area contributed by atoms with Crippen LogP contribution in [0.25, 0.3) is 0 Å². The fraction of sp³-hybridized carbons (Fsp3) is 0.312. The Morgan fingerprint density at radius 3 is 2.81 bits per heavy atom. The highest BCUT2D eigenvalue weighted by atomic mass is 32.2. The van der Waals surface area contributed by atoms with Crippen LogP contribution in [0.1, 0.15) is 28.3 Å². The Morgan fingerprint density at radius 2 is 2.10 bits per heavy atom. The second-order valence-corrected chi connectivity index (χ2v) is 7.76. The van der Waals surface area contributed by atoms with Crippen molar-refractivity contribution in [1.82, 2.24) is 0 Å². The summed E-state index contributed by atoms with van der Waals surface area (Å²) < 4.78 is 0. The van der Waals surface area contributed by atoms with Gasteiger partial charge in [-0.25, -0.2) is 0 Å². The standard InChI is InChI=1S/C16H18N2OS2/c1-9-6-13(11(3)21-9)10(2)17-12-4-5-15-14(7-12)18-16(19)8-20-15/h4-7,10,17H,8H2,1-3H3,(H,18,19). The van der Waals surface area contributed by atoms with Crippen molar-refractivity contribution in [2.75, 3.05) is 16.4 Å². The highest BCUT2D eigenvalue weighted by Crippen LogP contribution is 2.35. The van der Waals surface area contributed by atoms with Crippen molar-refractivity contribution in [3.05, 3.63) is 39.6 Å². The lowest BCUT2D eigenvalue weighted by Crippen LogP contribution is -2.18. The van der Waals surface area contributed by atoms with Crippen LogP contribution in [0.2, 0.25) is 0 Å². The monoisotopic (exact) mass is 318 g/mol. The Hall–Kier alpha value is -1.46. The first-order valence-corrected chi connectivity index (χ1v) is 8.73. The zero-order chi connectivity index (χ0) is 15.0. The van der Waals surface area contributed by atoms with Crippen LogP contribution < -0.4 is 10.6 Å². The van der Waals surface area contributed by atoms with Gasteiger partial charge in [-0.1, -0.05) is 0 Å². The Kier molecular flexibility index (Phi) is 3.95. The highest BCUT2D eigenvalue weighted by Gasteiger charge is 2.16. The fourth-order valence-corrected chi connectivity index (χ4v) is 4.39. The first-order chi connectivity index (χ1) is 10.0. The normalized spacial score (nSPS) is 15.3. The molecule has 0 saturated carbocycles. The first-order valence-electron chi connectivity index (χ1n) is 6.93. The molecule has 1 unspecified atom stereocenters. The number of fused-ring (bicyclic) bond motifs is 1. The highest BCUT2D eigenvalue weighted by molar-refractivity contribution is 8.00. The molecule has 2 aromatic rings. The van der Waals surface area contributed by atoms with E-state index in [0.717, 1.165) is 16.3 Å². The number of hydrogen-bond donors (Lipinski definition) is 2. The van der Waals surface area contributed by atoms with E-state index in [1.807, 2.05) is 17.4 Å². The van der Waals surface area contributed by atoms with Crippen LogP contribution in [0.15, 0.2) is 29.2 Å². The number of carbonyl (C=O) groups excluding carboxylic acids is 1. The Bertz CT molecular complexity index is 694. The molecule has 110 valence electrons. The maximum absolute atomic E-state index is 11.5. The molecule has 0 saturated heterocycles. The van der Waals surface area contributed by atoms with E-state index in [1.165, 1.54) is 15.3 Å². The minimum atomic E-state index is 0.0713. The molecule has 3 nitrogen and oxygen atoms in total. The molecule has 0 spiro atoms. The molecule has 1 aliphatic rings. The summed E-state index contributed by atoms with van der Waals surface area (Å²) in [7, 11) is 0. The summed E-state index contributed by atoms with van der Waals surface area (Å²) in [5, 5.41) is 6.45. The number of thiophene rings is 1. The Balaban J connectivity index is 1.80. The number of benzene rings is 1. The van der Waals surface area contributed by atoms with Crippen LogP contribution in [0.5, 0.6) is 0 Å². The van der Waals surface area contributed by atoms with Crippen molar-refractivity contribution in [3.8, 4) is 0 Å². The van der Waals surface area contributed by atoms with E-state index in [0.29, 0.717) is 5.75 Å². The molecule has 0 fully saturated rings. The van der Waals surface area contributed by atoms with Gasteiger partial charge in [0.15, 0.2) is 0 Å². The molecule has 1 amide bonds. The maximum atomic E-state index is 11.5. The second-order valence-electron chi connectivity index (χ2n) is 5.28. The largest absolute Gasteiger partial charge is 0.378 e. The van der Waals surface area contributed by atoms with E-state index in [4.69, 9.17) is 0 Å².